The summed E-state index contributed by atoms with van der Waals surface area (Å²) < 4.78 is 18.8. The van der Waals surface area contributed by atoms with E-state index in [1.807, 2.05) is 47.4 Å². The van der Waals surface area contributed by atoms with Gasteiger partial charge in [0.25, 0.3) is 0 Å². The third-order valence-electron chi connectivity index (χ3n) is 6.10. The molecule has 2 aromatic rings. The van der Waals surface area contributed by atoms with Crippen molar-refractivity contribution in [1.82, 2.24) is 9.80 Å². The maximum atomic E-state index is 13.2. The molecular weight excluding hydrogens is 381 g/mol. The minimum Gasteiger partial charge on any atom is -0.493 e. The minimum atomic E-state index is -0.196. The smallest absolute Gasteiger partial charge is 0.226 e. The second-order valence-electron chi connectivity index (χ2n) is 8.05. The number of nitrogens with zero attached hydrogens (tertiary/aromatic N) is 3. The van der Waals surface area contributed by atoms with Gasteiger partial charge < -0.3 is 14.5 Å². The summed E-state index contributed by atoms with van der Waals surface area (Å²) in [5.41, 5.74) is 1.08. The minimum absolute atomic E-state index is 0.181. The summed E-state index contributed by atoms with van der Waals surface area (Å²) in [7, 11) is 0. The number of hydrogen-bond donors (Lipinski definition) is 0. The number of likely N-dealkylation sites (tertiary alicyclic amines) is 1. The van der Waals surface area contributed by atoms with E-state index in [2.05, 4.69) is 9.80 Å². The first kappa shape index (κ1) is 20.7. The van der Waals surface area contributed by atoms with E-state index in [0.717, 1.165) is 63.5 Å². The van der Waals surface area contributed by atoms with Gasteiger partial charge in [0.05, 0.1) is 13.0 Å². The average molecular weight is 412 g/mol. The lowest BCUT2D eigenvalue weighted by atomic mass is 10.0. The molecule has 2 fully saturated rings. The molecule has 0 aromatic heterocycles. The second kappa shape index (κ2) is 9.94. The van der Waals surface area contributed by atoms with Crippen molar-refractivity contribution in [3.05, 3.63) is 60.4 Å². The molecule has 0 N–H and O–H groups in total. The van der Waals surface area contributed by atoms with Gasteiger partial charge in [-0.3, -0.25) is 9.69 Å². The molecule has 0 radical (unpaired) electrons. The lowest BCUT2D eigenvalue weighted by molar-refractivity contribution is -0.133. The topological polar surface area (TPSA) is 36.0 Å². The second-order valence-corrected chi connectivity index (χ2v) is 8.05. The maximum absolute atomic E-state index is 13.2. The number of hydrogen-bond acceptors (Lipinski definition) is 4. The molecule has 0 spiro atoms. The summed E-state index contributed by atoms with van der Waals surface area (Å²) in [5.74, 6) is 0.792. The highest BCUT2D eigenvalue weighted by Gasteiger charge is 2.29. The lowest BCUT2D eigenvalue weighted by Gasteiger charge is -2.44. The maximum Gasteiger partial charge on any atom is 0.226 e. The van der Waals surface area contributed by atoms with Crippen LogP contribution in [-0.2, 0) is 4.79 Å². The number of amides is 1. The van der Waals surface area contributed by atoms with Crippen LogP contribution in [0.5, 0.6) is 5.75 Å². The van der Waals surface area contributed by atoms with Crippen LogP contribution in [0.1, 0.15) is 19.3 Å². The molecule has 2 aliphatic heterocycles. The number of rotatable bonds is 6. The van der Waals surface area contributed by atoms with E-state index in [4.69, 9.17) is 4.74 Å². The molecule has 0 saturated carbocycles. The first-order valence-corrected chi connectivity index (χ1v) is 10.9. The highest BCUT2D eigenvalue weighted by Crippen LogP contribution is 2.22. The zero-order valence-electron chi connectivity index (χ0n) is 17.4. The molecule has 160 valence electrons. The predicted octanol–water partition coefficient (Wildman–Crippen LogP) is 3.41. The SMILES string of the molecule is O=C(CCOc1ccccc1)N1CCC[C@H](N2CCN(c3ccc(F)cc3)CC2)C1. The van der Waals surface area contributed by atoms with Gasteiger partial charge in [-0.15, -0.1) is 0 Å². The fourth-order valence-electron chi connectivity index (χ4n) is 4.41. The van der Waals surface area contributed by atoms with Crippen LogP contribution in [0.4, 0.5) is 10.1 Å². The zero-order valence-corrected chi connectivity index (χ0v) is 17.4. The Labute approximate surface area is 178 Å². The number of carbonyl (C=O) groups excluding carboxylic acids is 1. The number of ether oxygens (including phenoxy) is 1. The number of anilines is 1. The Bertz CT molecular complexity index is 807. The Kier molecular flexibility index (Phi) is 6.84. The predicted molar refractivity (Wildman–Crippen MR) is 116 cm³/mol. The summed E-state index contributed by atoms with van der Waals surface area (Å²) in [6.45, 7) is 5.88. The fourth-order valence-corrected chi connectivity index (χ4v) is 4.41. The standard InChI is InChI=1S/C24H30FN3O2/c25-20-8-10-21(11-9-20)26-14-16-27(17-15-26)22-5-4-13-28(19-22)24(29)12-18-30-23-6-2-1-3-7-23/h1-3,6-11,22H,4-5,12-19H2/t22-/m0/s1. The van der Waals surface area contributed by atoms with Crippen molar-refractivity contribution >= 4 is 11.6 Å². The molecular formula is C24H30FN3O2. The quantitative estimate of drug-likeness (QED) is 0.730. The fraction of sp³-hybridized carbons (Fsp3) is 0.458. The van der Waals surface area contributed by atoms with Crippen molar-refractivity contribution < 1.29 is 13.9 Å². The van der Waals surface area contributed by atoms with E-state index in [9.17, 15) is 9.18 Å². The first-order valence-electron chi connectivity index (χ1n) is 10.9. The van der Waals surface area contributed by atoms with E-state index < -0.39 is 0 Å². The normalized spacial score (nSPS) is 20.2. The van der Waals surface area contributed by atoms with Crippen molar-refractivity contribution in [1.29, 1.82) is 0 Å². The molecule has 2 heterocycles. The Hall–Kier alpha value is -2.60. The van der Waals surface area contributed by atoms with Crippen LogP contribution in [0.2, 0.25) is 0 Å². The lowest BCUT2D eigenvalue weighted by Crippen LogP contribution is -2.56. The zero-order chi connectivity index (χ0) is 20.8. The van der Waals surface area contributed by atoms with Crippen LogP contribution >= 0.6 is 0 Å². The van der Waals surface area contributed by atoms with Crippen molar-refractivity contribution in [2.75, 3.05) is 50.8 Å². The highest BCUT2D eigenvalue weighted by molar-refractivity contribution is 5.76. The molecule has 1 atom stereocenters. The van der Waals surface area contributed by atoms with Crippen LogP contribution in [0.3, 0.4) is 0 Å². The third-order valence-corrected chi connectivity index (χ3v) is 6.10. The number of piperidine rings is 1. The van der Waals surface area contributed by atoms with Gasteiger partial charge >= 0.3 is 0 Å². The van der Waals surface area contributed by atoms with Gasteiger partial charge in [0, 0.05) is 51.0 Å². The molecule has 2 aliphatic rings. The van der Waals surface area contributed by atoms with Gasteiger partial charge in [-0.25, -0.2) is 4.39 Å². The van der Waals surface area contributed by atoms with Gasteiger partial charge in [-0.05, 0) is 49.2 Å². The number of carbonyl (C=O) groups is 1. The number of para-hydroxylation sites is 1. The summed E-state index contributed by atoms with van der Waals surface area (Å²) in [6.07, 6.45) is 2.61. The van der Waals surface area contributed by atoms with Crippen LogP contribution < -0.4 is 9.64 Å². The largest absolute Gasteiger partial charge is 0.493 e. The third kappa shape index (κ3) is 5.30. The monoisotopic (exact) mass is 411 g/mol. The Balaban J connectivity index is 1.23. The molecule has 1 amide bonds. The van der Waals surface area contributed by atoms with Crippen LogP contribution in [0.15, 0.2) is 54.6 Å². The summed E-state index contributed by atoms with van der Waals surface area (Å²) in [6, 6.07) is 16.8. The van der Waals surface area contributed by atoms with Crippen molar-refractivity contribution in [3.8, 4) is 5.75 Å². The molecule has 0 aliphatic carbocycles. The number of piperazine rings is 1. The molecule has 0 bridgehead atoms. The van der Waals surface area contributed by atoms with Gasteiger partial charge in [0.1, 0.15) is 11.6 Å². The van der Waals surface area contributed by atoms with E-state index in [1.165, 1.54) is 12.1 Å². The van der Waals surface area contributed by atoms with Gasteiger partial charge in [-0.1, -0.05) is 18.2 Å². The van der Waals surface area contributed by atoms with Gasteiger partial charge in [0.2, 0.25) is 5.91 Å². The van der Waals surface area contributed by atoms with Crippen molar-refractivity contribution in [3.63, 3.8) is 0 Å². The molecule has 0 unspecified atom stereocenters. The van der Waals surface area contributed by atoms with E-state index >= 15 is 0 Å². The van der Waals surface area contributed by atoms with Gasteiger partial charge in [0.15, 0.2) is 0 Å². The van der Waals surface area contributed by atoms with Crippen molar-refractivity contribution in [2.45, 2.75) is 25.3 Å². The number of benzene rings is 2. The Morgan fingerprint density at radius 1 is 0.967 bits per heavy atom. The van der Waals surface area contributed by atoms with Gasteiger partial charge in [-0.2, -0.15) is 0 Å². The van der Waals surface area contributed by atoms with E-state index in [0.29, 0.717) is 19.1 Å². The highest BCUT2D eigenvalue weighted by atomic mass is 19.1. The van der Waals surface area contributed by atoms with Crippen LogP contribution in [-0.4, -0.2) is 67.6 Å². The summed E-state index contributed by atoms with van der Waals surface area (Å²) in [4.78, 5) is 19.5. The van der Waals surface area contributed by atoms with Crippen molar-refractivity contribution in [2.24, 2.45) is 0 Å². The Morgan fingerprint density at radius 3 is 2.43 bits per heavy atom. The van der Waals surface area contributed by atoms with Crippen LogP contribution in [0, 0.1) is 5.82 Å². The molecule has 6 heteroatoms. The number of halogens is 1. The summed E-state index contributed by atoms with van der Waals surface area (Å²) >= 11 is 0. The molecule has 5 nitrogen and oxygen atoms in total. The van der Waals surface area contributed by atoms with E-state index in [-0.39, 0.29) is 11.7 Å². The first-order chi connectivity index (χ1) is 14.7. The molecule has 4 rings (SSSR count). The molecule has 2 aromatic carbocycles. The molecule has 30 heavy (non-hydrogen) atoms. The van der Waals surface area contributed by atoms with E-state index in [1.54, 1.807) is 0 Å². The average Bonchev–Trinajstić information content (AvgIpc) is 2.80. The summed E-state index contributed by atoms with van der Waals surface area (Å²) in [5, 5.41) is 0. The Morgan fingerprint density at radius 2 is 1.70 bits per heavy atom. The molecule has 2 saturated heterocycles. The van der Waals surface area contributed by atoms with Crippen LogP contribution in [0.25, 0.3) is 0 Å².